The van der Waals surface area contributed by atoms with E-state index in [0.717, 1.165) is 38.9 Å². The zero-order chi connectivity index (χ0) is 20.0. The van der Waals surface area contributed by atoms with E-state index in [2.05, 4.69) is 10.2 Å². The van der Waals surface area contributed by atoms with Crippen LogP contribution in [0.4, 0.5) is 0 Å². The van der Waals surface area contributed by atoms with Crippen LogP contribution in [0.15, 0.2) is 23.1 Å². The molecule has 2 saturated heterocycles. The maximum atomic E-state index is 12.7. The molecule has 6 nitrogen and oxygen atoms in total. The second kappa shape index (κ2) is 10.1. The van der Waals surface area contributed by atoms with Gasteiger partial charge in [-0.1, -0.05) is 24.4 Å². The van der Waals surface area contributed by atoms with Crippen molar-refractivity contribution in [2.75, 3.05) is 39.3 Å². The molecule has 3 rings (SSSR count). The van der Waals surface area contributed by atoms with E-state index in [4.69, 9.17) is 11.6 Å². The minimum atomic E-state index is -3.57. The number of amides is 1. The van der Waals surface area contributed by atoms with Crippen LogP contribution in [0.25, 0.3) is 0 Å². The number of benzene rings is 1. The van der Waals surface area contributed by atoms with Crippen LogP contribution in [0.3, 0.4) is 0 Å². The van der Waals surface area contributed by atoms with Crippen molar-refractivity contribution < 1.29 is 13.2 Å². The highest BCUT2D eigenvalue weighted by Crippen LogP contribution is 2.25. The summed E-state index contributed by atoms with van der Waals surface area (Å²) < 4.78 is 26.9. The molecule has 0 aromatic heterocycles. The third-order valence-corrected chi connectivity index (χ3v) is 7.74. The number of carbonyl (C=O) groups excluding carboxylic acids is 1. The maximum absolute atomic E-state index is 12.7. The van der Waals surface area contributed by atoms with Crippen molar-refractivity contribution in [1.29, 1.82) is 0 Å². The lowest BCUT2D eigenvalue weighted by molar-refractivity contribution is 0.0951. The van der Waals surface area contributed by atoms with Crippen LogP contribution in [-0.4, -0.2) is 62.8 Å². The van der Waals surface area contributed by atoms with Crippen molar-refractivity contribution >= 4 is 27.5 Å². The summed E-state index contributed by atoms with van der Waals surface area (Å²) in [5.74, 6) is -0.320. The van der Waals surface area contributed by atoms with Gasteiger partial charge < -0.3 is 10.2 Å². The number of halogens is 1. The molecule has 156 valence electrons. The summed E-state index contributed by atoms with van der Waals surface area (Å²) in [6, 6.07) is 4.38. The summed E-state index contributed by atoms with van der Waals surface area (Å²) in [4.78, 5) is 15.1. The number of rotatable bonds is 7. The Labute approximate surface area is 173 Å². The summed E-state index contributed by atoms with van der Waals surface area (Å²) in [5, 5.41) is 3.15. The quantitative estimate of drug-likeness (QED) is 0.679. The highest BCUT2D eigenvalue weighted by atomic mass is 35.5. The third-order valence-electron chi connectivity index (χ3n) is 5.52. The van der Waals surface area contributed by atoms with Crippen LogP contribution < -0.4 is 5.32 Å². The zero-order valence-corrected chi connectivity index (χ0v) is 17.9. The summed E-state index contributed by atoms with van der Waals surface area (Å²) in [6.45, 7) is 4.85. The lowest BCUT2D eigenvalue weighted by Gasteiger charge is -2.19. The van der Waals surface area contributed by atoms with Gasteiger partial charge >= 0.3 is 0 Å². The fourth-order valence-corrected chi connectivity index (χ4v) is 5.62. The second-order valence-electron chi connectivity index (χ2n) is 7.62. The van der Waals surface area contributed by atoms with Crippen LogP contribution in [0.2, 0.25) is 5.02 Å². The molecule has 2 aliphatic heterocycles. The molecule has 1 aromatic carbocycles. The fraction of sp³-hybridized carbons (Fsp3) is 0.650. The molecule has 1 amide bonds. The first-order chi connectivity index (χ1) is 13.5. The normalized spacial score (nSPS) is 19.5. The molecule has 2 heterocycles. The molecule has 1 aromatic rings. The largest absolute Gasteiger partial charge is 0.352 e. The van der Waals surface area contributed by atoms with E-state index in [9.17, 15) is 13.2 Å². The summed E-state index contributed by atoms with van der Waals surface area (Å²) in [7, 11) is -3.57. The van der Waals surface area contributed by atoms with Gasteiger partial charge in [-0.05, 0) is 69.9 Å². The van der Waals surface area contributed by atoms with Gasteiger partial charge in [-0.15, -0.1) is 0 Å². The molecule has 0 radical (unpaired) electrons. The fourth-order valence-electron chi connectivity index (χ4n) is 3.88. The number of hydrogen-bond acceptors (Lipinski definition) is 4. The molecular formula is C20H30ClN3O3S. The maximum Gasteiger partial charge on any atom is 0.252 e. The minimum Gasteiger partial charge on any atom is -0.352 e. The van der Waals surface area contributed by atoms with E-state index in [1.807, 2.05) is 0 Å². The Balaban J connectivity index is 1.57. The third kappa shape index (κ3) is 5.47. The number of hydrogen-bond donors (Lipinski definition) is 1. The van der Waals surface area contributed by atoms with Crippen LogP contribution in [0, 0.1) is 0 Å². The van der Waals surface area contributed by atoms with Gasteiger partial charge in [0, 0.05) is 19.6 Å². The Bertz CT molecular complexity index is 771. The molecule has 0 saturated carbocycles. The molecule has 0 bridgehead atoms. The van der Waals surface area contributed by atoms with Gasteiger partial charge in [-0.25, -0.2) is 8.42 Å². The molecule has 0 unspecified atom stereocenters. The Morgan fingerprint density at radius 1 is 1.00 bits per heavy atom. The smallest absolute Gasteiger partial charge is 0.252 e. The average molecular weight is 428 g/mol. The number of likely N-dealkylation sites (tertiary alicyclic amines) is 1. The number of nitrogens with one attached hydrogen (secondary N) is 1. The lowest BCUT2D eigenvalue weighted by atomic mass is 10.2. The van der Waals surface area contributed by atoms with Gasteiger partial charge in [0.2, 0.25) is 10.0 Å². The minimum absolute atomic E-state index is 0.133. The van der Waals surface area contributed by atoms with Crippen molar-refractivity contribution in [2.24, 2.45) is 0 Å². The van der Waals surface area contributed by atoms with Crippen LogP contribution in [0.1, 0.15) is 55.3 Å². The molecule has 0 atom stereocenters. The first kappa shape index (κ1) is 21.6. The average Bonchev–Trinajstić information content (AvgIpc) is 3.11. The highest BCUT2D eigenvalue weighted by molar-refractivity contribution is 7.89. The van der Waals surface area contributed by atoms with Gasteiger partial charge in [0.1, 0.15) is 0 Å². The number of nitrogens with zero attached hydrogens (tertiary/aromatic N) is 2. The first-order valence-electron chi connectivity index (χ1n) is 10.3. The standard InChI is InChI=1S/C20H30ClN3O3S/c21-19-9-8-17(28(26,27)24-14-5-6-15-24)16-18(19)20(25)22-10-7-13-23-11-3-1-2-4-12-23/h8-9,16H,1-7,10-15H2,(H,22,25). The molecule has 0 aliphatic carbocycles. The van der Waals surface area contributed by atoms with Crippen molar-refractivity contribution in [1.82, 2.24) is 14.5 Å². The van der Waals surface area contributed by atoms with Crippen molar-refractivity contribution in [3.8, 4) is 0 Å². The van der Waals surface area contributed by atoms with E-state index in [1.165, 1.54) is 48.2 Å². The summed E-state index contributed by atoms with van der Waals surface area (Å²) >= 11 is 6.18. The van der Waals surface area contributed by atoms with Gasteiger partial charge in [0.25, 0.3) is 5.91 Å². The summed E-state index contributed by atoms with van der Waals surface area (Å²) in [5.41, 5.74) is 0.219. The van der Waals surface area contributed by atoms with E-state index in [0.29, 0.717) is 19.6 Å². The van der Waals surface area contributed by atoms with Gasteiger partial charge in [0.05, 0.1) is 15.5 Å². The molecule has 2 aliphatic rings. The lowest BCUT2D eigenvalue weighted by Crippen LogP contribution is -2.31. The van der Waals surface area contributed by atoms with Gasteiger partial charge in [-0.3, -0.25) is 4.79 Å². The molecule has 8 heteroatoms. The van der Waals surface area contributed by atoms with Gasteiger partial charge in [-0.2, -0.15) is 4.31 Å². The summed E-state index contributed by atoms with van der Waals surface area (Å²) in [6.07, 6.45) is 7.73. The second-order valence-corrected chi connectivity index (χ2v) is 9.96. The van der Waals surface area contributed by atoms with Crippen molar-refractivity contribution in [3.63, 3.8) is 0 Å². The van der Waals surface area contributed by atoms with Gasteiger partial charge in [0.15, 0.2) is 0 Å². The molecule has 2 fully saturated rings. The van der Waals surface area contributed by atoms with E-state index < -0.39 is 10.0 Å². The molecule has 0 spiro atoms. The number of carbonyl (C=O) groups is 1. The van der Waals surface area contributed by atoms with E-state index in [-0.39, 0.29) is 21.4 Å². The topological polar surface area (TPSA) is 69.7 Å². The predicted octanol–water partition coefficient (Wildman–Crippen LogP) is 3.12. The van der Waals surface area contributed by atoms with Crippen molar-refractivity contribution in [2.45, 2.75) is 49.8 Å². The highest BCUT2D eigenvalue weighted by Gasteiger charge is 2.28. The van der Waals surface area contributed by atoms with Crippen LogP contribution in [-0.2, 0) is 10.0 Å². The number of sulfonamides is 1. The Kier molecular flexibility index (Phi) is 7.74. The zero-order valence-electron chi connectivity index (χ0n) is 16.3. The van der Waals surface area contributed by atoms with Crippen molar-refractivity contribution in [3.05, 3.63) is 28.8 Å². The Morgan fingerprint density at radius 2 is 1.64 bits per heavy atom. The Hall–Kier alpha value is -1.15. The van der Waals surface area contributed by atoms with E-state index in [1.54, 1.807) is 0 Å². The van der Waals surface area contributed by atoms with Crippen LogP contribution >= 0.6 is 11.6 Å². The molecule has 1 N–H and O–H groups in total. The SMILES string of the molecule is O=C(NCCCN1CCCCCC1)c1cc(S(=O)(=O)N2CCCC2)ccc1Cl. The monoisotopic (exact) mass is 427 g/mol. The predicted molar refractivity (Wildman–Crippen MR) is 111 cm³/mol. The molecule has 28 heavy (non-hydrogen) atoms. The van der Waals surface area contributed by atoms with Crippen LogP contribution in [0.5, 0.6) is 0 Å². The first-order valence-corrected chi connectivity index (χ1v) is 12.1. The Morgan fingerprint density at radius 3 is 2.32 bits per heavy atom. The molecular weight excluding hydrogens is 398 g/mol. The van der Waals surface area contributed by atoms with E-state index >= 15 is 0 Å².